The van der Waals surface area contributed by atoms with Crippen LogP contribution in [0.2, 0.25) is 5.02 Å². The first kappa shape index (κ1) is 31.8. The lowest BCUT2D eigenvalue weighted by Gasteiger charge is -2.45. The number of ether oxygens (including phenoxy) is 1. The van der Waals surface area contributed by atoms with E-state index in [1.54, 1.807) is 24.0 Å². The minimum absolute atomic E-state index is 0.0941. The highest BCUT2D eigenvalue weighted by Crippen LogP contribution is 2.60. The van der Waals surface area contributed by atoms with Gasteiger partial charge in [-0.1, -0.05) is 56.1 Å². The van der Waals surface area contributed by atoms with Gasteiger partial charge in [-0.2, -0.15) is 5.10 Å². The van der Waals surface area contributed by atoms with Gasteiger partial charge in [0.25, 0.3) is 5.91 Å². The molecule has 1 unspecified atom stereocenters. The van der Waals surface area contributed by atoms with E-state index in [4.69, 9.17) is 21.3 Å². The highest BCUT2D eigenvalue weighted by atomic mass is 35.5. The number of nitrogens with one attached hydrogen (secondary N) is 3. The molecule has 4 N–H and O–H groups in total. The first-order chi connectivity index (χ1) is 22.6. The molecule has 47 heavy (non-hydrogen) atoms. The van der Waals surface area contributed by atoms with Gasteiger partial charge in [-0.15, -0.1) is 0 Å². The summed E-state index contributed by atoms with van der Waals surface area (Å²) in [4.78, 5) is 36.3. The number of benzene rings is 2. The Kier molecular flexibility index (Phi) is 8.17. The van der Waals surface area contributed by atoms with E-state index in [0.717, 1.165) is 54.3 Å². The minimum Gasteiger partial charge on any atom is -0.394 e. The number of imidazole rings is 1. The van der Waals surface area contributed by atoms with Crippen molar-refractivity contribution in [2.75, 3.05) is 19.8 Å². The van der Waals surface area contributed by atoms with E-state index < -0.39 is 11.5 Å². The lowest BCUT2D eigenvalue weighted by atomic mass is 9.65. The van der Waals surface area contributed by atoms with Crippen LogP contribution in [0.25, 0.3) is 11.0 Å². The number of aliphatic hydroxyl groups excluding tert-OH is 1. The molecular formula is C36H43ClN6O4. The fraction of sp³-hybridized carbons (Fsp3) is 0.500. The smallest absolute Gasteiger partial charge is 0.270 e. The van der Waals surface area contributed by atoms with Gasteiger partial charge >= 0.3 is 0 Å². The Balaban J connectivity index is 1.27. The lowest BCUT2D eigenvalue weighted by molar-refractivity contribution is -0.129. The molecule has 1 aliphatic heterocycles. The van der Waals surface area contributed by atoms with E-state index in [2.05, 4.69) is 34.6 Å². The fourth-order valence-corrected chi connectivity index (χ4v) is 7.96. The number of hydrogen-bond acceptors (Lipinski definition) is 6. The predicted molar refractivity (Wildman–Crippen MR) is 179 cm³/mol. The molecule has 4 atom stereocenters. The second kappa shape index (κ2) is 12.1. The Labute approximate surface area is 279 Å². The summed E-state index contributed by atoms with van der Waals surface area (Å²) in [6, 6.07) is 14.6. The molecule has 2 aliphatic carbocycles. The molecule has 7 rings (SSSR count). The molecule has 3 heterocycles. The number of carbonyl (C=O) groups excluding carboxylic acids is 2. The number of aromatic nitrogens is 4. The number of nitrogens with zero attached hydrogens (tertiary/aromatic N) is 3. The van der Waals surface area contributed by atoms with Crippen LogP contribution >= 0.6 is 11.6 Å². The Morgan fingerprint density at radius 2 is 1.85 bits per heavy atom. The van der Waals surface area contributed by atoms with Crippen molar-refractivity contribution in [3.05, 3.63) is 82.4 Å². The summed E-state index contributed by atoms with van der Waals surface area (Å²) >= 11 is 6.83. The van der Waals surface area contributed by atoms with Crippen LogP contribution in [0.15, 0.2) is 54.7 Å². The largest absolute Gasteiger partial charge is 0.394 e. The fourth-order valence-electron chi connectivity index (χ4n) is 7.71. The zero-order chi connectivity index (χ0) is 33.0. The average Bonchev–Trinajstić information content (AvgIpc) is 3.44. The average molecular weight is 659 g/mol. The lowest BCUT2D eigenvalue weighted by Crippen LogP contribution is -2.56. The van der Waals surface area contributed by atoms with Crippen molar-refractivity contribution in [1.82, 2.24) is 30.4 Å². The Hall–Kier alpha value is -3.73. The maximum absolute atomic E-state index is 14.0. The summed E-state index contributed by atoms with van der Waals surface area (Å²) in [7, 11) is 1.74. The topological polar surface area (TPSA) is 134 Å². The third-order valence-electron chi connectivity index (χ3n) is 11.3. The zero-order valence-corrected chi connectivity index (χ0v) is 27.9. The second-order valence-electron chi connectivity index (χ2n) is 14.4. The highest BCUT2D eigenvalue weighted by Gasteiger charge is 2.51. The number of rotatable bonds is 11. The van der Waals surface area contributed by atoms with E-state index in [9.17, 15) is 14.7 Å². The van der Waals surface area contributed by atoms with Gasteiger partial charge in [-0.3, -0.25) is 14.3 Å². The van der Waals surface area contributed by atoms with Gasteiger partial charge in [0, 0.05) is 30.8 Å². The summed E-state index contributed by atoms with van der Waals surface area (Å²) in [6.45, 7) is 5.00. The van der Waals surface area contributed by atoms with Crippen molar-refractivity contribution in [3.8, 4) is 0 Å². The predicted octanol–water partition coefficient (Wildman–Crippen LogP) is 5.33. The number of amides is 2. The first-order valence-electron chi connectivity index (χ1n) is 16.6. The summed E-state index contributed by atoms with van der Waals surface area (Å²) in [5.41, 5.74) is 2.65. The van der Waals surface area contributed by atoms with Gasteiger partial charge in [0.05, 0.1) is 41.7 Å². The number of aryl methyl sites for hydroxylation is 1. The highest BCUT2D eigenvalue weighted by molar-refractivity contribution is 6.31. The number of fused-ring (bicyclic) bond motifs is 1. The van der Waals surface area contributed by atoms with Crippen molar-refractivity contribution in [2.24, 2.45) is 17.9 Å². The molecule has 2 aromatic carbocycles. The molecule has 0 bridgehead atoms. The van der Waals surface area contributed by atoms with Crippen LogP contribution < -0.4 is 10.6 Å². The Bertz CT molecular complexity index is 1800. The maximum Gasteiger partial charge on any atom is 0.270 e. The molecule has 0 spiro atoms. The molecular weight excluding hydrogens is 616 g/mol. The number of aromatic amines is 1. The van der Waals surface area contributed by atoms with E-state index in [1.807, 2.05) is 42.5 Å². The zero-order valence-electron chi connectivity index (χ0n) is 27.2. The molecule has 11 heteroatoms. The molecule has 2 saturated carbocycles. The van der Waals surface area contributed by atoms with E-state index >= 15 is 0 Å². The molecule has 2 aromatic heterocycles. The van der Waals surface area contributed by atoms with Gasteiger partial charge in [0.15, 0.2) is 0 Å². The summed E-state index contributed by atoms with van der Waals surface area (Å²) < 4.78 is 7.40. The third-order valence-corrected chi connectivity index (χ3v) is 11.7. The van der Waals surface area contributed by atoms with Crippen LogP contribution in [0.1, 0.15) is 91.8 Å². The van der Waals surface area contributed by atoms with E-state index in [1.165, 1.54) is 0 Å². The molecule has 3 aliphatic rings. The van der Waals surface area contributed by atoms with E-state index in [-0.39, 0.29) is 47.8 Å². The molecule has 10 nitrogen and oxygen atoms in total. The van der Waals surface area contributed by atoms with Gasteiger partial charge in [-0.25, -0.2) is 4.98 Å². The summed E-state index contributed by atoms with van der Waals surface area (Å²) in [5, 5.41) is 21.6. The van der Waals surface area contributed by atoms with Gasteiger partial charge in [0.1, 0.15) is 11.5 Å². The Morgan fingerprint density at radius 3 is 2.47 bits per heavy atom. The monoisotopic (exact) mass is 658 g/mol. The number of aliphatic hydroxyl groups is 1. The van der Waals surface area contributed by atoms with Crippen molar-refractivity contribution in [2.45, 2.75) is 75.8 Å². The van der Waals surface area contributed by atoms with Gasteiger partial charge < -0.3 is 25.5 Å². The number of halogens is 1. The van der Waals surface area contributed by atoms with Crippen LogP contribution in [-0.4, -0.2) is 62.5 Å². The molecule has 3 fully saturated rings. The normalized spacial score (nSPS) is 23.1. The maximum atomic E-state index is 14.0. The molecule has 1 saturated heterocycles. The second-order valence-corrected chi connectivity index (χ2v) is 14.8. The van der Waals surface area contributed by atoms with Crippen LogP contribution in [0.5, 0.6) is 0 Å². The quantitative estimate of drug-likeness (QED) is 0.172. The summed E-state index contributed by atoms with van der Waals surface area (Å²) in [6.07, 6.45) is 7.21. The van der Waals surface area contributed by atoms with E-state index in [0.29, 0.717) is 29.6 Å². The molecule has 4 aromatic rings. The third kappa shape index (κ3) is 5.64. The van der Waals surface area contributed by atoms with Crippen molar-refractivity contribution in [1.29, 1.82) is 0 Å². The van der Waals surface area contributed by atoms with Gasteiger partial charge in [0.2, 0.25) is 5.91 Å². The van der Waals surface area contributed by atoms with Crippen molar-refractivity contribution in [3.63, 3.8) is 0 Å². The van der Waals surface area contributed by atoms with Crippen LogP contribution in [0.3, 0.4) is 0 Å². The summed E-state index contributed by atoms with van der Waals surface area (Å²) in [5.74, 6) is 0.0833. The molecule has 2 amide bonds. The van der Waals surface area contributed by atoms with Crippen LogP contribution in [0, 0.1) is 10.8 Å². The minimum atomic E-state index is -0.887. The molecule has 248 valence electrons. The number of carbonyl (C=O) groups is 2. The first-order valence-corrected chi connectivity index (χ1v) is 17.0. The van der Waals surface area contributed by atoms with Crippen molar-refractivity contribution < 1.29 is 19.4 Å². The number of hydrogen-bond donors (Lipinski definition) is 4. The number of H-pyrrole nitrogens is 1. The SMILES string of the molecule is Cn1nccc1C(=O)N[C@H](c1nc2ccc(C3(C(=O)N[C@@H](CO)C4(C)CCC4)CCOC3)cc2[nH]1)[C@H](c1ccccc1Cl)C1(C)CC1. The van der Waals surface area contributed by atoms with Gasteiger partial charge in [-0.05, 0) is 78.3 Å². The Morgan fingerprint density at radius 1 is 1.06 bits per heavy atom. The van der Waals surface area contributed by atoms with Crippen LogP contribution in [-0.2, 0) is 22.0 Å². The van der Waals surface area contributed by atoms with Crippen LogP contribution in [0.4, 0.5) is 0 Å². The standard InChI is InChI=1S/C36H43ClN6O4/c1-34(12-6-13-34)28(20-44)41-33(46)36(16-18-47-21-36)22-9-10-25-26(19-22)40-31(39-25)30(42-32(45)27-11-17-38-43(27)3)29(35(2)14-15-35)23-7-4-5-8-24(23)37/h4-5,7-11,17,19,28-30,44H,6,12-16,18,20-21H2,1-3H3,(H,39,40)(H,41,46)(H,42,45)/t28-,29-,30-,36?/m0/s1. The molecule has 0 radical (unpaired) electrons. The van der Waals surface area contributed by atoms with Crippen molar-refractivity contribution >= 4 is 34.4 Å².